The number of aromatic nitrogens is 2. The van der Waals surface area contributed by atoms with Gasteiger partial charge in [-0.15, -0.1) is 0 Å². The number of benzene rings is 2. The highest BCUT2D eigenvalue weighted by Gasteiger charge is 2.31. The molecule has 0 spiro atoms. The molecule has 1 aromatic heterocycles. The first-order chi connectivity index (χ1) is 14.4. The molecular formula is C21H19F3N4O2. The Morgan fingerprint density at radius 3 is 2.70 bits per heavy atom. The van der Waals surface area contributed by atoms with Crippen molar-refractivity contribution in [3.8, 4) is 5.75 Å². The molecule has 0 radical (unpaired) electrons. The van der Waals surface area contributed by atoms with Crippen molar-refractivity contribution in [2.75, 3.05) is 16.8 Å². The minimum absolute atomic E-state index is 0.0536. The number of fused-ring (bicyclic) bond motifs is 1. The van der Waals surface area contributed by atoms with Crippen LogP contribution in [0.4, 0.5) is 24.5 Å². The maximum absolute atomic E-state index is 13.2. The molecule has 156 valence electrons. The second kappa shape index (κ2) is 8.10. The van der Waals surface area contributed by atoms with Crippen LogP contribution in [0.2, 0.25) is 0 Å². The van der Waals surface area contributed by atoms with Crippen LogP contribution in [-0.4, -0.2) is 28.8 Å². The lowest BCUT2D eigenvalue weighted by Gasteiger charge is -2.31. The van der Waals surface area contributed by atoms with Gasteiger partial charge in [0.2, 0.25) is 0 Å². The summed E-state index contributed by atoms with van der Waals surface area (Å²) in [5, 5.41) is 7.60. The molecule has 9 heteroatoms. The number of rotatable bonds is 6. The zero-order valence-corrected chi connectivity index (χ0v) is 16.1. The SMILES string of the molecule is CC1CN(c2ccc(F)cc2)C(=O)c2cc(CNc3cccc(OC(F)F)c3)nn21. The van der Waals surface area contributed by atoms with Crippen molar-refractivity contribution < 1.29 is 22.7 Å². The number of alkyl halides is 2. The predicted molar refractivity (Wildman–Crippen MR) is 105 cm³/mol. The van der Waals surface area contributed by atoms with Crippen molar-refractivity contribution in [3.63, 3.8) is 0 Å². The summed E-state index contributed by atoms with van der Waals surface area (Å²) >= 11 is 0. The number of nitrogens with one attached hydrogen (secondary N) is 1. The molecule has 3 aromatic rings. The Hall–Kier alpha value is -3.49. The molecule has 6 nitrogen and oxygen atoms in total. The van der Waals surface area contributed by atoms with Crippen LogP contribution in [0.25, 0.3) is 0 Å². The van der Waals surface area contributed by atoms with E-state index in [1.54, 1.807) is 39.9 Å². The van der Waals surface area contributed by atoms with Gasteiger partial charge in [-0.3, -0.25) is 9.48 Å². The molecule has 0 fully saturated rings. The van der Waals surface area contributed by atoms with E-state index in [2.05, 4.69) is 15.2 Å². The number of hydrogen-bond acceptors (Lipinski definition) is 4. The summed E-state index contributed by atoms with van der Waals surface area (Å²) in [5.74, 6) is -0.527. The maximum Gasteiger partial charge on any atom is 0.387 e. The van der Waals surface area contributed by atoms with Crippen LogP contribution in [-0.2, 0) is 6.54 Å². The molecule has 1 aliphatic heterocycles. The molecule has 1 atom stereocenters. The first-order valence-electron chi connectivity index (χ1n) is 9.35. The van der Waals surface area contributed by atoms with Crippen molar-refractivity contribution in [3.05, 3.63) is 71.8 Å². The highest BCUT2D eigenvalue weighted by molar-refractivity contribution is 6.05. The Morgan fingerprint density at radius 1 is 1.20 bits per heavy atom. The van der Waals surface area contributed by atoms with E-state index < -0.39 is 6.61 Å². The molecule has 0 bridgehead atoms. The normalized spacial score (nSPS) is 16.0. The van der Waals surface area contributed by atoms with E-state index in [0.717, 1.165) is 0 Å². The fourth-order valence-electron chi connectivity index (χ4n) is 3.41. The van der Waals surface area contributed by atoms with Gasteiger partial charge in [0.25, 0.3) is 5.91 Å². The maximum atomic E-state index is 13.2. The molecule has 2 heterocycles. The minimum atomic E-state index is -2.89. The molecule has 0 saturated carbocycles. The van der Waals surface area contributed by atoms with Gasteiger partial charge in [0.15, 0.2) is 0 Å². The monoisotopic (exact) mass is 416 g/mol. The summed E-state index contributed by atoms with van der Waals surface area (Å²) in [6.07, 6.45) is 0. The average Bonchev–Trinajstić information content (AvgIpc) is 3.15. The number of ether oxygens (including phenoxy) is 1. The van der Waals surface area contributed by atoms with E-state index in [-0.39, 0.29) is 23.5 Å². The molecule has 4 rings (SSSR count). The fourth-order valence-corrected chi connectivity index (χ4v) is 3.41. The third-order valence-electron chi connectivity index (χ3n) is 4.79. The summed E-state index contributed by atoms with van der Waals surface area (Å²) in [6, 6.07) is 13.6. The highest BCUT2D eigenvalue weighted by Crippen LogP contribution is 2.27. The van der Waals surface area contributed by atoms with Crippen molar-refractivity contribution in [2.45, 2.75) is 26.1 Å². The molecule has 0 saturated heterocycles. The Morgan fingerprint density at radius 2 is 1.97 bits per heavy atom. The largest absolute Gasteiger partial charge is 0.435 e. The Bertz CT molecular complexity index is 1050. The predicted octanol–water partition coefficient (Wildman–Crippen LogP) is 4.46. The van der Waals surface area contributed by atoms with Gasteiger partial charge in [-0.2, -0.15) is 13.9 Å². The van der Waals surface area contributed by atoms with Gasteiger partial charge in [-0.25, -0.2) is 4.39 Å². The lowest BCUT2D eigenvalue weighted by atomic mass is 10.1. The summed E-state index contributed by atoms with van der Waals surface area (Å²) in [7, 11) is 0. The van der Waals surface area contributed by atoms with Gasteiger partial charge >= 0.3 is 6.61 Å². The first kappa shape index (κ1) is 19.8. The minimum Gasteiger partial charge on any atom is -0.435 e. The van der Waals surface area contributed by atoms with E-state index in [9.17, 15) is 18.0 Å². The summed E-state index contributed by atoms with van der Waals surface area (Å²) in [6.45, 7) is -0.230. The summed E-state index contributed by atoms with van der Waals surface area (Å²) in [5.41, 5.74) is 2.28. The van der Waals surface area contributed by atoms with Gasteiger partial charge in [-0.1, -0.05) is 6.07 Å². The first-order valence-corrected chi connectivity index (χ1v) is 9.35. The van der Waals surface area contributed by atoms with Crippen molar-refractivity contribution in [1.82, 2.24) is 9.78 Å². The topological polar surface area (TPSA) is 59.4 Å². The molecule has 1 aliphatic rings. The smallest absolute Gasteiger partial charge is 0.387 e. The second-order valence-electron chi connectivity index (χ2n) is 6.97. The number of amides is 1. The van der Waals surface area contributed by atoms with Crippen LogP contribution in [0.15, 0.2) is 54.6 Å². The zero-order chi connectivity index (χ0) is 21.3. The van der Waals surface area contributed by atoms with Crippen molar-refractivity contribution in [2.24, 2.45) is 0 Å². The van der Waals surface area contributed by atoms with Crippen LogP contribution >= 0.6 is 0 Å². The molecule has 1 amide bonds. The lowest BCUT2D eigenvalue weighted by Crippen LogP contribution is -2.42. The molecule has 1 N–H and O–H groups in total. The summed E-state index contributed by atoms with van der Waals surface area (Å²) < 4.78 is 44.0. The van der Waals surface area contributed by atoms with E-state index in [4.69, 9.17) is 0 Å². The number of carbonyl (C=O) groups is 1. The third-order valence-corrected chi connectivity index (χ3v) is 4.79. The highest BCUT2D eigenvalue weighted by atomic mass is 19.3. The van der Waals surface area contributed by atoms with Gasteiger partial charge < -0.3 is 15.0 Å². The molecule has 2 aromatic carbocycles. The van der Waals surface area contributed by atoms with Gasteiger partial charge in [-0.05, 0) is 49.4 Å². The molecule has 0 aliphatic carbocycles. The van der Waals surface area contributed by atoms with E-state index >= 15 is 0 Å². The molecular weight excluding hydrogens is 397 g/mol. The van der Waals surface area contributed by atoms with Crippen molar-refractivity contribution in [1.29, 1.82) is 0 Å². The zero-order valence-electron chi connectivity index (χ0n) is 16.1. The fraction of sp³-hybridized carbons (Fsp3) is 0.238. The number of carbonyl (C=O) groups excluding carboxylic acids is 1. The Labute approximate surface area is 170 Å². The Kier molecular flexibility index (Phi) is 5.35. The van der Waals surface area contributed by atoms with Crippen LogP contribution in [0.1, 0.15) is 29.1 Å². The number of hydrogen-bond donors (Lipinski definition) is 1. The number of anilines is 2. The van der Waals surface area contributed by atoms with Crippen LogP contribution < -0.4 is 15.0 Å². The lowest BCUT2D eigenvalue weighted by molar-refractivity contribution is -0.0498. The Balaban J connectivity index is 1.50. The second-order valence-corrected chi connectivity index (χ2v) is 6.97. The standard InChI is InChI=1S/C21H19F3N4O2/c1-13-12-27(17-7-5-14(22)6-8-17)20(29)19-10-16(26-28(13)19)11-25-15-3-2-4-18(9-15)30-21(23)24/h2-10,13,21,25H,11-12H2,1H3. The third kappa shape index (κ3) is 4.10. The average molecular weight is 416 g/mol. The van der Waals surface area contributed by atoms with E-state index in [0.29, 0.717) is 35.9 Å². The number of nitrogens with zero attached hydrogens (tertiary/aromatic N) is 3. The summed E-state index contributed by atoms with van der Waals surface area (Å²) in [4.78, 5) is 14.5. The van der Waals surface area contributed by atoms with Crippen molar-refractivity contribution >= 4 is 17.3 Å². The quantitative estimate of drug-likeness (QED) is 0.645. The van der Waals surface area contributed by atoms with Gasteiger partial charge in [0.1, 0.15) is 17.3 Å². The molecule has 1 unspecified atom stereocenters. The van der Waals surface area contributed by atoms with Crippen LogP contribution in [0.3, 0.4) is 0 Å². The van der Waals surface area contributed by atoms with Crippen LogP contribution in [0, 0.1) is 5.82 Å². The van der Waals surface area contributed by atoms with E-state index in [1.807, 2.05) is 6.92 Å². The number of halogens is 3. The van der Waals surface area contributed by atoms with E-state index in [1.165, 1.54) is 24.3 Å². The molecule has 30 heavy (non-hydrogen) atoms. The van der Waals surface area contributed by atoms with Gasteiger partial charge in [0, 0.05) is 24.0 Å². The van der Waals surface area contributed by atoms with Gasteiger partial charge in [0.05, 0.1) is 18.3 Å². The van der Waals surface area contributed by atoms with Crippen LogP contribution in [0.5, 0.6) is 5.75 Å².